The van der Waals surface area contributed by atoms with Crippen molar-refractivity contribution in [3.8, 4) is 0 Å². The van der Waals surface area contributed by atoms with Crippen LogP contribution in [0.4, 0.5) is 33.5 Å². The summed E-state index contributed by atoms with van der Waals surface area (Å²) < 4.78 is 13.5. The standard InChI is InChI=1S/C19H23FN8/c1-13-10-17(26-25-13)22-16-12-18(28-8-6-27(2)7-9-28)24-19(23-16)21-15-5-3-4-14(20)11-15/h3-5,10-12H,6-9H2,1-2H3,(H3,21,22,23,24,25,26). The van der Waals surface area contributed by atoms with Gasteiger partial charge in [-0.3, -0.25) is 5.10 Å². The van der Waals surface area contributed by atoms with Crippen LogP contribution >= 0.6 is 0 Å². The van der Waals surface area contributed by atoms with Crippen LogP contribution in [0, 0.1) is 12.7 Å². The summed E-state index contributed by atoms with van der Waals surface area (Å²) in [6, 6.07) is 10.0. The third-order valence-electron chi connectivity index (χ3n) is 4.58. The van der Waals surface area contributed by atoms with Gasteiger partial charge in [0.15, 0.2) is 5.82 Å². The lowest BCUT2D eigenvalue weighted by molar-refractivity contribution is 0.312. The Balaban J connectivity index is 1.63. The van der Waals surface area contributed by atoms with E-state index in [1.54, 1.807) is 12.1 Å². The normalized spacial score (nSPS) is 14.9. The van der Waals surface area contributed by atoms with Crippen molar-refractivity contribution in [2.75, 3.05) is 48.8 Å². The van der Waals surface area contributed by atoms with Gasteiger partial charge >= 0.3 is 0 Å². The zero-order valence-corrected chi connectivity index (χ0v) is 15.9. The number of benzene rings is 1. The summed E-state index contributed by atoms with van der Waals surface area (Å²) in [5.74, 6) is 2.20. The second-order valence-electron chi connectivity index (χ2n) is 6.92. The van der Waals surface area contributed by atoms with Gasteiger partial charge in [-0.25, -0.2) is 4.39 Å². The summed E-state index contributed by atoms with van der Waals surface area (Å²) >= 11 is 0. The monoisotopic (exact) mass is 382 g/mol. The van der Waals surface area contributed by atoms with Gasteiger partial charge in [0.1, 0.15) is 17.5 Å². The van der Waals surface area contributed by atoms with E-state index in [0.717, 1.165) is 37.7 Å². The van der Waals surface area contributed by atoms with Gasteiger partial charge in [-0.05, 0) is 32.2 Å². The van der Waals surface area contributed by atoms with E-state index in [4.69, 9.17) is 0 Å². The molecule has 2 aromatic heterocycles. The summed E-state index contributed by atoms with van der Waals surface area (Å²) in [6.07, 6.45) is 0. The molecule has 0 bridgehead atoms. The predicted octanol–water partition coefficient (Wildman–Crippen LogP) is 2.89. The number of hydrogen-bond donors (Lipinski definition) is 3. The van der Waals surface area contributed by atoms with Crippen molar-refractivity contribution < 1.29 is 4.39 Å². The van der Waals surface area contributed by atoms with Gasteiger partial charge < -0.3 is 20.4 Å². The Bertz CT molecular complexity index is 949. The highest BCUT2D eigenvalue weighted by Crippen LogP contribution is 2.24. The quantitative estimate of drug-likeness (QED) is 0.626. The highest BCUT2D eigenvalue weighted by molar-refractivity contribution is 5.62. The molecule has 0 saturated carbocycles. The molecule has 0 spiro atoms. The second kappa shape index (κ2) is 7.81. The molecular formula is C19H23FN8. The van der Waals surface area contributed by atoms with Crippen molar-refractivity contribution in [2.24, 2.45) is 0 Å². The fourth-order valence-corrected chi connectivity index (χ4v) is 3.06. The lowest BCUT2D eigenvalue weighted by Gasteiger charge is -2.33. The molecule has 1 aliphatic rings. The minimum Gasteiger partial charge on any atom is -0.354 e. The Kier molecular flexibility index (Phi) is 5.07. The van der Waals surface area contributed by atoms with Crippen molar-refractivity contribution in [3.63, 3.8) is 0 Å². The van der Waals surface area contributed by atoms with E-state index < -0.39 is 0 Å². The number of likely N-dealkylation sites (N-methyl/N-ethyl adjacent to an activating group) is 1. The summed E-state index contributed by atoms with van der Waals surface area (Å²) in [6.45, 7) is 5.64. The van der Waals surface area contributed by atoms with Crippen LogP contribution < -0.4 is 15.5 Å². The number of anilines is 5. The molecule has 0 radical (unpaired) electrons. The highest BCUT2D eigenvalue weighted by atomic mass is 19.1. The summed E-state index contributed by atoms with van der Waals surface area (Å²) in [5.41, 5.74) is 1.55. The van der Waals surface area contributed by atoms with Gasteiger partial charge in [0.2, 0.25) is 5.95 Å². The Morgan fingerprint density at radius 3 is 2.54 bits per heavy atom. The minimum atomic E-state index is -0.314. The van der Waals surface area contributed by atoms with Crippen LogP contribution in [0.5, 0.6) is 0 Å². The van der Waals surface area contributed by atoms with Gasteiger partial charge in [0, 0.05) is 49.7 Å². The van der Waals surface area contributed by atoms with Crippen molar-refractivity contribution in [3.05, 3.63) is 47.9 Å². The number of halogens is 1. The molecule has 3 N–H and O–H groups in total. The number of piperazine rings is 1. The van der Waals surface area contributed by atoms with E-state index in [1.807, 2.05) is 19.1 Å². The Labute approximate surface area is 162 Å². The predicted molar refractivity (Wildman–Crippen MR) is 108 cm³/mol. The molecule has 0 unspecified atom stereocenters. The van der Waals surface area contributed by atoms with Gasteiger partial charge in [-0.1, -0.05) is 6.07 Å². The molecule has 1 aliphatic heterocycles. The molecule has 28 heavy (non-hydrogen) atoms. The maximum atomic E-state index is 13.5. The molecule has 3 aromatic rings. The molecule has 3 heterocycles. The molecule has 0 atom stereocenters. The third kappa shape index (κ3) is 4.37. The van der Waals surface area contributed by atoms with E-state index >= 15 is 0 Å². The number of aromatic amines is 1. The maximum absolute atomic E-state index is 13.5. The molecule has 146 valence electrons. The molecule has 4 rings (SSSR count). The average Bonchev–Trinajstić information content (AvgIpc) is 3.07. The van der Waals surface area contributed by atoms with Crippen LogP contribution in [0.2, 0.25) is 0 Å². The van der Waals surface area contributed by atoms with Crippen molar-refractivity contribution >= 4 is 29.1 Å². The van der Waals surface area contributed by atoms with Crippen molar-refractivity contribution in [1.29, 1.82) is 0 Å². The average molecular weight is 382 g/mol. The van der Waals surface area contributed by atoms with E-state index in [0.29, 0.717) is 23.3 Å². The summed E-state index contributed by atoms with van der Waals surface area (Å²) in [4.78, 5) is 13.7. The zero-order chi connectivity index (χ0) is 19.5. The first kappa shape index (κ1) is 18.2. The van der Waals surface area contributed by atoms with Crippen molar-refractivity contribution in [2.45, 2.75) is 6.92 Å². The summed E-state index contributed by atoms with van der Waals surface area (Å²) in [7, 11) is 2.11. The van der Waals surface area contributed by atoms with Crippen LogP contribution in [0.3, 0.4) is 0 Å². The second-order valence-corrected chi connectivity index (χ2v) is 6.92. The van der Waals surface area contributed by atoms with E-state index in [2.05, 4.69) is 47.6 Å². The molecule has 8 nitrogen and oxygen atoms in total. The topological polar surface area (TPSA) is 85.0 Å². The first-order chi connectivity index (χ1) is 13.5. The number of aromatic nitrogens is 4. The first-order valence-electron chi connectivity index (χ1n) is 9.19. The fourth-order valence-electron chi connectivity index (χ4n) is 3.06. The Morgan fingerprint density at radius 1 is 1.00 bits per heavy atom. The Hall–Kier alpha value is -3.20. The van der Waals surface area contributed by atoms with Crippen LogP contribution in [0.1, 0.15) is 5.69 Å². The lowest BCUT2D eigenvalue weighted by atomic mass is 10.3. The maximum Gasteiger partial charge on any atom is 0.231 e. The molecule has 1 fully saturated rings. The van der Waals surface area contributed by atoms with E-state index in [1.165, 1.54) is 12.1 Å². The Morgan fingerprint density at radius 2 is 1.82 bits per heavy atom. The first-order valence-corrected chi connectivity index (χ1v) is 9.19. The fraction of sp³-hybridized carbons (Fsp3) is 0.316. The van der Waals surface area contributed by atoms with Crippen LogP contribution in [0.25, 0.3) is 0 Å². The molecule has 0 aliphatic carbocycles. The van der Waals surface area contributed by atoms with Gasteiger partial charge in [0.05, 0.1) is 0 Å². The SMILES string of the molecule is Cc1cc(Nc2cc(N3CCN(C)CC3)nc(Nc3cccc(F)c3)n2)n[nH]1. The molecular weight excluding hydrogens is 359 g/mol. The van der Waals surface area contributed by atoms with E-state index in [9.17, 15) is 4.39 Å². The van der Waals surface area contributed by atoms with E-state index in [-0.39, 0.29) is 5.82 Å². The molecule has 9 heteroatoms. The number of nitrogens with zero attached hydrogens (tertiary/aromatic N) is 5. The van der Waals surface area contributed by atoms with Crippen LogP contribution in [-0.2, 0) is 0 Å². The molecule has 1 aromatic carbocycles. The summed E-state index contributed by atoms with van der Waals surface area (Å²) in [5, 5.41) is 13.4. The van der Waals surface area contributed by atoms with Gasteiger partial charge in [0.25, 0.3) is 0 Å². The number of hydrogen-bond acceptors (Lipinski definition) is 7. The number of aryl methyl sites for hydroxylation is 1. The van der Waals surface area contributed by atoms with Gasteiger partial charge in [-0.2, -0.15) is 15.1 Å². The molecule has 0 amide bonds. The lowest BCUT2D eigenvalue weighted by Crippen LogP contribution is -2.44. The largest absolute Gasteiger partial charge is 0.354 e. The third-order valence-corrected chi connectivity index (χ3v) is 4.58. The van der Waals surface area contributed by atoms with Gasteiger partial charge in [-0.15, -0.1) is 0 Å². The highest BCUT2D eigenvalue weighted by Gasteiger charge is 2.17. The van der Waals surface area contributed by atoms with Crippen LogP contribution in [0.15, 0.2) is 36.4 Å². The zero-order valence-electron chi connectivity index (χ0n) is 15.9. The number of nitrogens with one attached hydrogen (secondary N) is 3. The molecule has 1 saturated heterocycles. The minimum absolute atomic E-state index is 0.314. The number of H-pyrrole nitrogens is 1. The van der Waals surface area contributed by atoms with Crippen LogP contribution in [-0.4, -0.2) is 58.3 Å². The smallest absolute Gasteiger partial charge is 0.231 e. The van der Waals surface area contributed by atoms with Crippen molar-refractivity contribution in [1.82, 2.24) is 25.1 Å². The number of rotatable bonds is 5.